The third-order valence-electron chi connectivity index (χ3n) is 2.68. The quantitative estimate of drug-likeness (QED) is 0.667. The van der Waals surface area contributed by atoms with Crippen molar-refractivity contribution in [3.05, 3.63) is 23.8 Å². The Labute approximate surface area is 129 Å². The maximum atomic E-state index is 5.96. The van der Waals surface area contributed by atoms with Crippen molar-refractivity contribution in [3.8, 4) is 5.75 Å². The first-order chi connectivity index (χ1) is 8.97. The zero-order chi connectivity index (χ0) is 14.4. The Morgan fingerprint density at radius 1 is 1.26 bits per heavy atom. The molecular formula is C14H21Cl2NORu. The summed E-state index contributed by atoms with van der Waals surface area (Å²) in [6.45, 7) is 10.3. The van der Waals surface area contributed by atoms with E-state index in [1.165, 1.54) is 5.69 Å². The summed E-state index contributed by atoms with van der Waals surface area (Å²) in [5.41, 5.74) is 2.16. The van der Waals surface area contributed by atoms with E-state index in [9.17, 15) is 0 Å². The van der Waals surface area contributed by atoms with Gasteiger partial charge in [0.25, 0.3) is 0 Å². The number of ether oxygens (including phenoxy) is 1. The van der Waals surface area contributed by atoms with Crippen molar-refractivity contribution >= 4 is 29.7 Å². The van der Waals surface area contributed by atoms with Crippen molar-refractivity contribution in [3.63, 3.8) is 0 Å². The summed E-state index contributed by atoms with van der Waals surface area (Å²) in [4.78, 5) is 2.29. The molecule has 110 valence electrons. The molecule has 0 aliphatic heterocycles. The van der Waals surface area contributed by atoms with Crippen LogP contribution < -0.4 is 9.64 Å². The van der Waals surface area contributed by atoms with E-state index in [4.69, 9.17) is 24.1 Å². The van der Waals surface area contributed by atoms with Gasteiger partial charge in [0.15, 0.2) is 0 Å². The van der Waals surface area contributed by atoms with Crippen LogP contribution in [0.3, 0.4) is 0 Å². The second-order valence-electron chi connectivity index (χ2n) is 4.37. The molecule has 0 heterocycles. The molecule has 0 atom stereocenters. The van der Waals surface area contributed by atoms with Gasteiger partial charge in [0.2, 0.25) is 0 Å². The summed E-state index contributed by atoms with van der Waals surface area (Å²) < 4.78 is 7.80. The van der Waals surface area contributed by atoms with Crippen LogP contribution in [0, 0.1) is 0 Å². The molecule has 1 aromatic rings. The van der Waals surface area contributed by atoms with E-state index < -0.39 is 13.5 Å². The predicted molar refractivity (Wildman–Crippen MR) is 82.6 cm³/mol. The van der Waals surface area contributed by atoms with Gasteiger partial charge in [0.1, 0.15) is 0 Å². The Hall–Kier alpha value is -0.107. The van der Waals surface area contributed by atoms with Gasteiger partial charge >= 0.3 is 129 Å². The topological polar surface area (TPSA) is 12.5 Å². The Bertz CT molecular complexity index is 441. The van der Waals surface area contributed by atoms with Gasteiger partial charge in [0.05, 0.1) is 0 Å². The third kappa shape index (κ3) is 5.41. The van der Waals surface area contributed by atoms with Crippen LogP contribution >= 0.6 is 19.4 Å². The van der Waals surface area contributed by atoms with Gasteiger partial charge < -0.3 is 0 Å². The van der Waals surface area contributed by atoms with Crippen molar-refractivity contribution < 1.29 is 18.3 Å². The van der Waals surface area contributed by atoms with E-state index in [-0.39, 0.29) is 6.10 Å². The second-order valence-corrected chi connectivity index (χ2v) is 10.1. The molecule has 0 bridgehead atoms. The van der Waals surface area contributed by atoms with Gasteiger partial charge in [-0.2, -0.15) is 0 Å². The fraction of sp³-hybridized carbons (Fsp3) is 0.500. The first kappa shape index (κ1) is 16.9. The van der Waals surface area contributed by atoms with E-state index in [0.717, 1.165) is 24.4 Å². The molecule has 0 aliphatic rings. The molecule has 0 radical (unpaired) electrons. The summed E-state index contributed by atoms with van der Waals surface area (Å²) in [6, 6.07) is 6.21. The minimum atomic E-state index is -1.84. The average molecular weight is 391 g/mol. The number of halogens is 2. The van der Waals surface area contributed by atoms with E-state index in [1.54, 1.807) is 0 Å². The Morgan fingerprint density at radius 3 is 2.37 bits per heavy atom. The number of anilines is 1. The van der Waals surface area contributed by atoms with Crippen LogP contribution in [0.1, 0.15) is 33.3 Å². The van der Waals surface area contributed by atoms with Gasteiger partial charge in [-0.05, 0) is 0 Å². The SMILES string of the molecule is CCN(CC)c1ccc([CH]=[Ru]([Cl])[Cl])c(OC(C)C)c1. The zero-order valence-corrected chi connectivity index (χ0v) is 15.0. The summed E-state index contributed by atoms with van der Waals surface area (Å²) in [5, 5.41) is 0. The van der Waals surface area contributed by atoms with Crippen LogP contribution in [-0.2, 0) is 13.5 Å². The molecule has 1 aromatic carbocycles. The molecule has 2 nitrogen and oxygen atoms in total. The van der Waals surface area contributed by atoms with Crippen LogP contribution in [0.5, 0.6) is 5.75 Å². The number of hydrogen-bond donors (Lipinski definition) is 0. The summed E-state index contributed by atoms with van der Waals surface area (Å²) in [5.74, 6) is 0.861. The molecule has 0 N–H and O–H groups in total. The van der Waals surface area contributed by atoms with E-state index >= 15 is 0 Å². The standard InChI is InChI=1S/C14H21NO.2ClH.Ru/c1-6-15(7-2)13-9-8-12(5)14(10-13)16-11(3)4;;;/h5,8-11H,6-7H2,1-4H3;2*1H;/q;;;+2/p-2. The predicted octanol–water partition coefficient (Wildman–Crippen LogP) is 4.40. The van der Waals surface area contributed by atoms with E-state index in [2.05, 4.69) is 30.9 Å². The van der Waals surface area contributed by atoms with Crippen LogP contribution in [0.15, 0.2) is 18.2 Å². The fourth-order valence-corrected chi connectivity index (χ4v) is 3.64. The van der Waals surface area contributed by atoms with E-state index in [0.29, 0.717) is 0 Å². The van der Waals surface area contributed by atoms with Crippen LogP contribution in [0.4, 0.5) is 5.69 Å². The third-order valence-corrected chi connectivity index (χ3v) is 4.51. The van der Waals surface area contributed by atoms with Crippen LogP contribution in [0.25, 0.3) is 0 Å². The summed E-state index contributed by atoms with van der Waals surface area (Å²) >= 11 is -1.84. The molecule has 0 aliphatic carbocycles. The number of hydrogen-bond acceptors (Lipinski definition) is 2. The molecule has 0 unspecified atom stereocenters. The number of nitrogens with zero attached hydrogens (tertiary/aromatic N) is 1. The van der Waals surface area contributed by atoms with Gasteiger partial charge in [-0.3, -0.25) is 0 Å². The van der Waals surface area contributed by atoms with Crippen LogP contribution in [0.2, 0.25) is 0 Å². The molecule has 0 fully saturated rings. The van der Waals surface area contributed by atoms with E-state index in [1.807, 2.05) is 24.5 Å². The van der Waals surface area contributed by atoms with Crippen molar-refractivity contribution in [2.24, 2.45) is 0 Å². The number of benzene rings is 1. The molecular weight excluding hydrogens is 370 g/mol. The Kier molecular flexibility index (Phi) is 7.35. The van der Waals surface area contributed by atoms with Gasteiger partial charge in [-0.15, -0.1) is 0 Å². The van der Waals surface area contributed by atoms with Crippen molar-refractivity contribution in [1.82, 2.24) is 0 Å². The van der Waals surface area contributed by atoms with Gasteiger partial charge in [-0.1, -0.05) is 0 Å². The van der Waals surface area contributed by atoms with Gasteiger partial charge in [0, 0.05) is 0 Å². The maximum absolute atomic E-state index is 5.96. The normalized spacial score (nSPS) is 11.4. The Morgan fingerprint density at radius 2 is 1.89 bits per heavy atom. The molecule has 0 spiro atoms. The minimum absolute atomic E-state index is 0.130. The first-order valence-electron chi connectivity index (χ1n) is 6.36. The summed E-state index contributed by atoms with van der Waals surface area (Å²) in [7, 11) is 11.9. The average Bonchev–Trinajstić information content (AvgIpc) is 2.32. The fourth-order valence-electron chi connectivity index (χ4n) is 1.83. The monoisotopic (exact) mass is 391 g/mol. The van der Waals surface area contributed by atoms with Crippen molar-refractivity contribution in [2.45, 2.75) is 33.8 Å². The Balaban J connectivity index is 3.17. The molecule has 0 saturated heterocycles. The molecule has 19 heavy (non-hydrogen) atoms. The second kappa shape index (κ2) is 8.24. The zero-order valence-electron chi connectivity index (χ0n) is 11.8. The number of rotatable bonds is 6. The summed E-state index contributed by atoms with van der Waals surface area (Å²) in [6.07, 6.45) is 0.130. The molecule has 0 amide bonds. The van der Waals surface area contributed by atoms with Crippen molar-refractivity contribution in [2.75, 3.05) is 18.0 Å². The first-order valence-corrected chi connectivity index (χ1v) is 11.8. The molecule has 1 rings (SSSR count). The van der Waals surface area contributed by atoms with Gasteiger partial charge in [-0.25, -0.2) is 0 Å². The van der Waals surface area contributed by atoms with Crippen LogP contribution in [-0.4, -0.2) is 23.8 Å². The van der Waals surface area contributed by atoms with Crippen molar-refractivity contribution in [1.29, 1.82) is 0 Å². The molecule has 0 saturated carbocycles. The molecule has 5 heteroatoms. The molecule has 0 aromatic heterocycles.